The Hall–Kier alpha value is -3.67. The minimum Gasteiger partial charge on any atom is -0.462 e. The molecule has 0 aromatic rings. The molecule has 1 atom stereocenters. The van der Waals surface area contributed by atoms with Gasteiger partial charge in [0.2, 0.25) is 0 Å². The minimum absolute atomic E-state index is 0.104. The fraction of sp³-hybridized carbons (Fsp3) is 0.689. The molecule has 382 valence electrons. The molecule has 0 bridgehead atoms. The molecule has 0 unspecified atom stereocenters. The predicted molar refractivity (Wildman–Crippen MR) is 288 cm³/mol. The van der Waals surface area contributed by atoms with E-state index in [4.69, 9.17) is 14.2 Å². The summed E-state index contributed by atoms with van der Waals surface area (Å²) in [5.41, 5.74) is 0. The summed E-state index contributed by atoms with van der Waals surface area (Å²) in [4.78, 5) is 38.1. The van der Waals surface area contributed by atoms with E-state index in [1.807, 2.05) is 6.08 Å². The molecule has 0 N–H and O–H groups in total. The molecule has 6 nitrogen and oxygen atoms in total. The maximum absolute atomic E-state index is 12.8. The molecule has 67 heavy (non-hydrogen) atoms. The monoisotopic (exact) mass is 931 g/mol. The average Bonchev–Trinajstić information content (AvgIpc) is 3.33. The molecule has 0 aliphatic heterocycles. The van der Waals surface area contributed by atoms with Crippen molar-refractivity contribution in [2.75, 3.05) is 13.2 Å². The highest BCUT2D eigenvalue weighted by Gasteiger charge is 2.19. The maximum atomic E-state index is 12.8. The van der Waals surface area contributed by atoms with Crippen LogP contribution in [0.3, 0.4) is 0 Å². The van der Waals surface area contributed by atoms with Crippen LogP contribution in [0.2, 0.25) is 0 Å². The fourth-order valence-electron chi connectivity index (χ4n) is 7.44. The van der Waals surface area contributed by atoms with Gasteiger partial charge in [0.25, 0.3) is 0 Å². The SMILES string of the molecule is CC/C=C\C/C=C\C/C=C\C/C=C\C/C=C\C/C=C\CCC(=O)OC[C@H](COC(=O)CCCCCCCCC/C=C\C/C=C\CCCCC)OC(=O)CCCCCCCCCCCCCCC. The largest absolute Gasteiger partial charge is 0.462 e. The molecule has 6 heteroatoms. The van der Waals surface area contributed by atoms with Gasteiger partial charge in [-0.1, -0.05) is 240 Å². The molecule has 0 aromatic carbocycles. The van der Waals surface area contributed by atoms with Crippen LogP contribution >= 0.6 is 0 Å². The second-order valence-electron chi connectivity index (χ2n) is 18.1. The van der Waals surface area contributed by atoms with E-state index in [-0.39, 0.29) is 37.5 Å². The summed E-state index contributed by atoms with van der Waals surface area (Å²) in [5, 5.41) is 0. The van der Waals surface area contributed by atoms with Crippen LogP contribution in [0.25, 0.3) is 0 Å². The van der Waals surface area contributed by atoms with Crippen LogP contribution in [-0.4, -0.2) is 37.2 Å². The lowest BCUT2D eigenvalue weighted by Crippen LogP contribution is -2.30. The maximum Gasteiger partial charge on any atom is 0.306 e. The van der Waals surface area contributed by atoms with E-state index in [1.54, 1.807) is 0 Å². The van der Waals surface area contributed by atoms with Gasteiger partial charge in [0.1, 0.15) is 13.2 Å². The van der Waals surface area contributed by atoms with Gasteiger partial charge in [0, 0.05) is 19.3 Å². The first-order chi connectivity index (χ1) is 33.0. The van der Waals surface area contributed by atoms with Gasteiger partial charge in [-0.25, -0.2) is 0 Å². The summed E-state index contributed by atoms with van der Waals surface area (Å²) in [7, 11) is 0. The van der Waals surface area contributed by atoms with E-state index >= 15 is 0 Å². The Morgan fingerprint density at radius 2 is 0.612 bits per heavy atom. The summed E-state index contributed by atoms with van der Waals surface area (Å²) < 4.78 is 16.8. The first-order valence-corrected chi connectivity index (χ1v) is 27.7. The van der Waals surface area contributed by atoms with Crippen LogP contribution in [0.5, 0.6) is 0 Å². The van der Waals surface area contributed by atoms with E-state index in [0.717, 1.165) is 89.9 Å². The first-order valence-electron chi connectivity index (χ1n) is 27.7. The van der Waals surface area contributed by atoms with E-state index in [9.17, 15) is 14.4 Å². The highest BCUT2D eigenvalue weighted by Crippen LogP contribution is 2.15. The smallest absolute Gasteiger partial charge is 0.306 e. The molecule has 0 heterocycles. The number of rotatable bonds is 49. The third-order valence-corrected chi connectivity index (χ3v) is 11.6. The van der Waals surface area contributed by atoms with E-state index in [2.05, 4.69) is 112 Å². The van der Waals surface area contributed by atoms with Crippen molar-refractivity contribution in [1.29, 1.82) is 0 Å². The fourth-order valence-corrected chi connectivity index (χ4v) is 7.44. The van der Waals surface area contributed by atoms with Gasteiger partial charge < -0.3 is 14.2 Å². The number of carbonyl (C=O) groups excluding carboxylic acids is 3. The van der Waals surface area contributed by atoms with Crippen molar-refractivity contribution in [2.24, 2.45) is 0 Å². The molecule has 0 aromatic heterocycles. The van der Waals surface area contributed by atoms with Gasteiger partial charge in [-0.15, -0.1) is 0 Å². The molecule has 0 fully saturated rings. The third kappa shape index (κ3) is 53.2. The van der Waals surface area contributed by atoms with Crippen molar-refractivity contribution < 1.29 is 28.6 Å². The van der Waals surface area contributed by atoms with Crippen LogP contribution < -0.4 is 0 Å². The highest BCUT2D eigenvalue weighted by atomic mass is 16.6. The van der Waals surface area contributed by atoms with Gasteiger partial charge in [0.05, 0.1) is 0 Å². The van der Waals surface area contributed by atoms with Gasteiger partial charge in [-0.3, -0.25) is 14.4 Å². The second kappa shape index (κ2) is 54.9. The zero-order valence-corrected chi connectivity index (χ0v) is 43.6. The van der Waals surface area contributed by atoms with Gasteiger partial charge in [0.15, 0.2) is 6.10 Å². The van der Waals surface area contributed by atoms with E-state index in [0.29, 0.717) is 19.3 Å². The Morgan fingerprint density at radius 1 is 0.313 bits per heavy atom. The van der Waals surface area contributed by atoms with Gasteiger partial charge in [-0.2, -0.15) is 0 Å². The molecule has 0 aliphatic carbocycles. The van der Waals surface area contributed by atoms with Crippen molar-refractivity contribution in [3.63, 3.8) is 0 Å². The lowest BCUT2D eigenvalue weighted by atomic mass is 10.0. The van der Waals surface area contributed by atoms with Crippen LogP contribution in [0.1, 0.15) is 252 Å². The summed E-state index contributed by atoms with van der Waals surface area (Å²) >= 11 is 0. The number of allylic oxidation sites excluding steroid dienone is 16. The summed E-state index contributed by atoms with van der Waals surface area (Å²) in [6.07, 6.45) is 72.6. The van der Waals surface area contributed by atoms with Crippen LogP contribution in [0.4, 0.5) is 0 Å². The predicted octanol–water partition coefficient (Wildman–Crippen LogP) is 18.5. The van der Waals surface area contributed by atoms with E-state index in [1.165, 1.54) is 116 Å². The molecule has 0 amide bonds. The number of hydrogen-bond donors (Lipinski definition) is 0. The van der Waals surface area contributed by atoms with Gasteiger partial charge in [-0.05, 0) is 89.9 Å². The zero-order chi connectivity index (χ0) is 48.6. The van der Waals surface area contributed by atoms with Crippen molar-refractivity contribution >= 4 is 17.9 Å². The van der Waals surface area contributed by atoms with Crippen molar-refractivity contribution in [2.45, 2.75) is 258 Å². The van der Waals surface area contributed by atoms with Crippen molar-refractivity contribution in [3.8, 4) is 0 Å². The number of unbranched alkanes of at least 4 members (excludes halogenated alkanes) is 22. The normalized spacial score (nSPS) is 12.8. The second-order valence-corrected chi connectivity index (χ2v) is 18.1. The number of hydrogen-bond acceptors (Lipinski definition) is 6. The molecule has 0 saturated carbocycles. The number of esters is 3. The van der Waals surface area contributed by atoms with Crippen molar-refractivity contribution in [1.82, 2.24) is 0 Å². The molecule has 0 rings (SSSR count). The third-order valence-electron chi connectivity index (χ3n) is 11.6. The molecular formula is C61H102O6. The molecule has 0 radical (unpaired) electrons. The average molecular weight is 931 g/mol. The number of ether oxygens (including phenoxy) is 3. The van der Waals surface area contributed by atoms with Crippen molar-refractivity contribution in [3.05, 3.63) is 97.2 Å². The Bertz CT molecular complexity index is 1350. The molecule has 0 aliphatic rings. The Balaban J connectivity index is 4.49. The van der Waals surface area contributed by atoms with E-state index < -0.39 is 6.10 Å². The lowest BCUT2D eigenvalue weighted by molar-refractivity contribution is -0.166. The molecular weight excluding hydrogens is 829 g/mol. The summed E-state index contributed by atoms with van der Waals surface area (Å²) in [6, 6.07) is 0. The molecule has 0 saturated heterocycles. The zero-order valence-electron chi connectivity index (χ0n) is 43.6. The Labute approximate surface area is 413 Å². The van der Waals surface area contributed by atoms with Crippen LogP contribution in [-0.2, 0) is 28.6 Å². The highest BCUT2D eigenvalue weighted by molar-refractivity contribution is 5.71. The van der Waals surface area contributed by atoms with Crippen LogP contribution in [0, 0.1) is 0 Å². The quantitative estimate of drug-likeness (QED) is 0.0262. The summed E-state index contributed by atoms with van der Waals surface area (Å²) in [6.45, 7) is 6.43. The first kappa shape index (κ1) is 63.3. The minimum atomic E-state index is -0.810. The topological polar surface area (TPSA) is 78.9 Å². The van der Waals surface area contributed by atoms with Crippen LogP contribution in [0.15, 0.2) is 97.2 Å². The Kier molecular flexibility index (Phi) is 51.9. The number of carbonyl (C=O) groups is 3. The molecule has 0 spiro atoms. The summed E-state index contributed by atoms with van der Waals surface area (Å²) in [5.74, 6) is -0.996. The Morgan fingerprint density at radius 3 is 1.03 bits per heavy atom. The van der Waals surface area contributed by atoms with Gasteiger partial charge >= 0.3 is 17.9 Å². The standard InChI is InChI=1S/C61H102O6/c1-4-7-10-13-16-19-22-25-27-29-30-32-34-37-39-42-45-48-51-54-60(63)66-57-58(67-61(64)55-52-49-46-43-40-35-24-21-18-15-12-9-6-3)56-65-59(62)53-50-47-44-41-38-36-33-31-28-26-23-20-17-14-11-8-5-2/h7,10,16-17,19-20,25-28,30,32,37,39,45,48,58H,4-6,8-9,11-15,18,21-24,29,31,33-36,38,40-44,46-47,49-57H2,1-3H3/b10-7-,19-16-,20-17-,27-25-,28-26-,32-30-,39-37-,48-45-/t58-/m0/s1. The lowest BCUT2D eigenvalue weighted by Gasteiger charge is -2.18.